The summed E-state index contributed by atoms with van der Waals surface area (Å²) in [5, 5.41) is 3.30. The number of aryl methyl sites for hydroxylation is 1. The van der Waals surface area contributed by atoms with Gasteiger partial charge in [-0.15, -0.1) is 0 Å². The Morgan fingerprint density at radius 2 is 1.86 bits per heavy atom. The third kappa shape index (κ3) is 2.38. The highest BCUT2D eigenvalue weighted by molar-refractivity contribution is 5.80. The van der Waals surface area contributed by atoms with Crippen molar-refractivity contribution < 1.29 is 9.47 Å². The molecule has 0 aliphatic carbocycles. The molecule has 108 valence electrons. The van der Waals surface area contributed by atoms with E-state index in [4.69, 9.17) is 9.47 Å². The molecule has 0 unspecified atom stereocenters. The summed E-state index contributed by atoms with van der Waals surface area (Å²) in [5.74, 6) is 2.25. The Bertz CT molecular complexity index is 780. The summed E-state index contributed by atoms with van der Waals surface area (Å²) in [6.07, 6.45) is 0. The number of nitrogens with one attached hydrogen (secondary N) is 1. The first-order valence-electron chi connectivity index (χ1n) is 6.63. The zero-order valence-electron chi connectivity index (χ0n) is 12.3. The fourth-order valence-electron chi connectivity index (χ4n) is 2.29. The van der Waals surface area contributed by atoms with Crippen molar-refractivity contribution in [2.75, 3.05) is 19.5 Å². The molecule has 1 aromatic heterocycles. The number of imidazole rings is 1. The molecule has 0 saturated carbocycles. The van der Waals surface area contributed by atoms with Gasteiger partial charge >= 0.3 is 0 Å². The number of fused-ring (bicyclic) bond motifs is 1. The van der Waals surface area contributed by atoms with Gasteiger partial charge in [-0.25, -0.2) is 4.98 Å². The van der Waals surface area contributed by atoms with Gasteiger partial charge in [0.05, 0.1) is 30.9 Å². The largest absolute Gasteiger partial charge is 0.497 e. The minimum atomic E-state index is 0.739. The van der Waals surface area contributed by atoms with E-state index in [1.54, 1.807) is 14.2 Å². The second kappa shape index (κ2) is 5.36. The Morgan fingerprint density at radius 3 is 2.57 bits per heavy atom. The molecular formula is C16H17N3O2. The van der Waals surface area contributed by atoms with Crippen molar-refractivity contribution in [3.8, 4) is 11.5 Å². The van der Waals surface area contributed by atoms with Gasteiger partial charge in [-0.2, -0.15) is 0 Å². The lowest BCUT2D eigenvalue weighted by Gasteiger charge is -2.12. The summed E-state index contributed by atoms with van der Waals surface area (Å²) in [4.78, 5) is 4.59. The fraction of sp³-hybridized carbons (Fsp3) is 0.188. The van der Waals surface area contributed by atoms with Crippen LogP contribution in [0.4, 0.5) is 11.6 Å². The molecule has 0 fully saturated rings. The second-order valence-electron chi connectivity index (χ2n) is 4.67. The number of rotatable bonds is 4. The van der Waals surface area contributed by atoms with Gasteiger partial charge in [0.25, 0.3) is 0 Å². The van der Waals surface area contributed by atoms with E-state index in [1.165, 1.54) is 0 Å². The third-order valence-corrected chi connectivity index (χ3v) is 3.44. The molecular weight excluding hydrogens is 266 g/mol. The van der Waals surface area contributed by atoms with E-state index in [9.17, 15) is 0 Å². The number of hydrogen-bond donors (Lipinski definition) is 1. The van der Waals surface area contributed by atoms with Crippen molar-refractivity contribution in [1.29, 1.82) is 0 Å². The molecule has 0 atom stereocenters. The van der Waals surface area contributed by atoms with Crippen LogP contribution in [0.25, 0.3) is 11.0 Å². The first-order chi connectivity index (χ1) is 10.2. The minimum absolute atomic E-state index is 0.739. The van der Waals surface area contributed by atoms with Gasteiger partial charge in [0.2, 0.25) is 5.95 Å². The number of ether oxygens (including phenoxy) is 2. The Hall–Kier alpha value is -2.69. The summed E-state index contributed by atoms with van der Waals surface area (Å²) < 4.78 is 12.6. The van der Waals surface area contributed by atoms with E-state index in [1.807, 2.05) is 54.1 Å². The Labute approximate surface area is 123 Å². The van der Waals surface area contributed by atoms with E-state index in [0.29, 0.717) is 0 Å². The first kappa shape index (κ1) is 13.3. The molecule has 0 bridgehead atoms. The average molecular weight is 283 g/mol. The van der Waals surface area contributed by atoms with Crippen LogP contribution in [0.2, 0.25) is 0 Å². The predicted octanol–water partition coefficient (Wildman–Crippen LogP) is 3.33. The summed E-state index contributed by atoms with van der Waals surface area (Å²) in [7, 11) is 5.26. The van der Waals surface area contributed by atoms with Crippen LogP contribution >= 0.6 is 0 Å². The van der Waals surface area contributed by atoms with E-state index in [-0.39, 0.29) is 0 Å². The van der Waals surface area contributed by atoms with Crippen LogP contribution in [0.15, 0.2) is 42.5 Å². The van der Waals surface area contributed by atoms with E-state index >= 15 is 0 Å². The highest BCUT2D eigenvalue weighted by Gasteiger charge is 2.10. The smallest absolute Gasteiger partial charge is 0.208 e. The van der Waals surface area contributed by atoms with Crippen molar-refractivity contribution in [3.63, 3.8) is 0 Å². The quantitative estimate of drug-likeness (QED) is 0.798. The van der Waals surface area contributed by atoms with E-state index in [2.05, 4.69) is 10.3 Å². The zero-order valence-corrected chi connectivity index (χ0v) is 12.3. The Kier molecular flexibility index (Phi) is 3.39. The van der Waals surface area contributed by atoms with Crippen molar-refractivity contribution in [2.45, 2.75) is 0 Å². The van der Waals surface area contributed by atoms with Gasteiger partial charge in [0.1, 0.15) is 11.5 Å². The van der Waals surface area contributed by atoms with Gasteiger partial charge in [0.15, 0.2) is 0 Å². The van der Waals surface area contributed by atoms with Crippen LogP contribution in [0.1, 0.15) is 0 Å². The van der Waals surface area contributed by atoms with Crippen LogP contribution in [0.3, 0.4) is 0 Å². The van der Waals surface area contributed by atoms with Gasteiger partial charge in [-0.3, -0.25) is 0 Å². The summed E-state index contributed by atoms with van der Waals surface area (Å²) >= 11 is 0. The van der Waals surface area contributed by atoms with Crippen molar-refractivity contribution in [2.24, 2.45) is 7.05 Å². The molecule has 0 saturated heterocycles. The molecule has 5 nitrogen and oxygen atoms in total. The number of anilines is 2. The number of nitrogens with zero attached hydrogens (tertiary/aromatic N) is 2. The van der Waals surface area contributed by atoms with Crippen LogP contribution < -0.4 is 14.8 Å². The summed E-state index contributed by atoms with van der Waals surface area (Å²) in [6.45, 7) is 0. The molecule has 21 heavy (non-hydrogen) atoms. The first-order valence-corrected chi connectivity index (χ1v) is 6.63. The highest BCUT2D eigenvalue weighted by Crippen LogP contribution is 2.31. The number of hydrogen-bond acceptors (Lipinski definition) is 4. The fourth-order valence-corrected chi connectivity index (χ4v) is 2.29. The van der Waals surface area contributed by atoms with Gasteiger partial charge < -0.3 is 19.4 Å². The maximum Gasteiger partial charge on any atom is 0.208 e. The van der Waals surface area contributed by atoms with Crippen molar-refractivity contribution in [1.82, 2.24) is 9.55 Å². The number of aromatic nitrogens is 2. The lowest BCUT2D eigenvalue weighted by molar-refractivity contribution is 0.404. The molecule has 1 N–H and O–H groups in total. The van der Waals surface area contributed by atoms with Gasteiger partial charge in [-0.1, -0.05) is 12.1 Å². The van der Waals surface area contributed by atoms with E-state index < -0.39 is 0 Å². The number of para-hydroxylation sites is 2. The van der Waals surface area contributed by atoms with Crippen LogP contribution in [-0.4, -0.2) is 23.8 Å². The Balaban J connectivity index is 2.03. The standard InChI is InChI=1S/C16H17N3O2/c1-19-14-7-5-4-6-12(14)17-16(19)18-13-10-11(20-2)8-9-15(13)21-3/h4-10H,1-3H3,(H,17,18). The molecule has 0 aliphatic rings. The zero-order chi connectivity index (χ0) is 14.8. The lowest BCUT2D eigenvalue weighted by atomic mass is 10.2. The average Bonchev–Trinajstić information content (AvgIpc) is 2.84. The minimum Gasteiger partial charge on any atom is -0.497 e. The molecule has 5 heteroatoms. The van der Waals surface area contributed by atoms with Crippen LogP contribution in [-0.2, 0) is 7.05 Å². The Morgan fingerprint density at radius 1 is 1.05 bits per heavy atom. The van der Waals surface area contributed by atoms with Crippen molar-refractivity contribution >= 4 is 22.7 Å². The molecule has 0 aliphatic heterocycles. The maximum absolute atomic E-state index is 5.38. The third-order valence-electron chi connectivity index (χ3n) is 3.44. The topological polar surface area (TPSA) is 48.3 Å². The van der Waals surface area contributed by atoms with Crippen LogP contribution in [0, 0.1) is 0 Å². The lowest BCUT2D eigenvalue weighted by Crippen LogP contribution is -2.01. The van der Waals surface area contributed by atoms with Crippen LogP contribution in [0.5, 0.6) is 11.5 Å². The SMILES string of the molecule is COc1ccc(OC)c(Nc2nc3ccccc3n2C)c1. The van der Waals surface area contributed by atoms with Crippen molar-refractivity contribution in [3.05, 3.63) is 42.5 Å². The highest BCUT2D eigenvalue weighted by atomic mass is 16.5. The monoisotopic (exact) mass is 283 g/mol. The summed E-state index contributed by atoms with van der Waals surface area (Å²) in [5.41, 5.74) is 2.83. The maximum atomic E-state index is 5.38. The van der Waals surface area contributed by atoms with Gasteiger partial charge in [0, 0.05) is 13.1 Å². The summed E-state index contributed by atoms with van der Waals surface area (Å²) in [6, 6.07) is 13.6. The number of benzene rings is 2. The molecule has 0 spiro atoms. The molecule has 2 aromatic carbocycles. The molecule has 3 aromatic rings. The molecule has 1 heterocycles. The second-order valence-corrected chi connectivity index (χ2v) is 4.67. The number of methoxy groups -OCH3 is 2. The predicted molar refractivity (Wildman–Crippen MR) is 83.5 cm³/mol. The van der Waals surface area contributed by atoms with Gasteiger partial charge in [-0.05, 0) is 24.3 Å². The molecule has 3 rings (SSSR count). The normalized spacial score (nSPS) is 10.6. The van der Waals surface area contributed by atoms with E-state index in [0.717, 1.165) is 34.2 Å². The molecule has 0 amide bonds. The molecule has 0 radical (unpaired) electrons.